The number of benzene rings is 1. The Bertz CT molecular complexity index is 1100. The summed E-state index contributed by atoms with van der Waals surface area (Å²) in [5, 5.41) is 4.63. The summed E-state index contributed by atoms with van der Waals surface area (Å²) < 4.78 is 21.2. The molecule has 180 valence electrons. The normalized spacial score (nSPS) is 28.2. The topological polar surface area (TPSA) is 47.4 Å². The molecule has 5 nitrogen and oxygen atoms in total. The second kappa shape index (κ2) is 8.63. The van der Waals surface area contributed by atoms with Gasteiger partial charge in [-0.15, -0.1) is 0 Å². The number of hydrogen-bond donors (Lipinski definition) is 0. The number of ether oxygens (including phenoxy) is 1. The van der Waals surface area contributed by atoms with Gasteiger partial charge in [-0.25, -0.2) is 9.07 Å². The first-order chi connectivity index (χ1) is 16.5. The molecule has 3 atom stereocenters. The molecular formula is C28H34FN3O2. The lowest BCUT2D eigenvalue weighted by Gasteiger charge is -2.40. The lowest BCUT2D eigenvalue weighted by molar-refractivity contribution is -0.141. The Morgan fingerprint density at radius 3 is 2.71 bits per heavy atom. The Labute approximate surface area is 201 Å². The summed E-state index contributed by atoms with van der Waals surface area (Å²) in [5.74, 6) is 0.731. The lowest BCUT2D eigenvalue weighted by atomic mass is 9.69. The highest BCUT2D eigenvalue weighted by atomic mass is 19.1. The van der Waals surface area contributed by atoms with E-state index in [2.05, 4.69) is 23.0 Å². The monoisotopic (exact) mass is 463 g/mol. The van der Waals surface area contributed by atoms with Crippen molar-refractivity contribution in [2.45, 2.75) is 64.4 Å². The first-order valence-corrected chi connectivity index (χ1v) is 13.0. The molecule has 0 N–H and O–H groups in total. The molecular weight excluding hydrogens is 429 g/mol. The van der Waals surface area contributed by atoms with E-state index in [4.69, 9.17) is 4.74 Å². The van der Waals surface area contributed by atoms with Crippen LogP contribution in [0.5, 0.6) is 0 Å². The molecule has 6 rings (SSSR count). The highest BCUT2D eigenvalue weighted by Gasteiger charge is 2.50. The molecule has 1 aliphatic heterocycles. The number of amides is 1. The van der Waals surface area contributed by atoms with Crippen LogP contribution in [0.25, 0.3) is 11.8 Å². The molecule has 1 aromatic heterocycles. The Balaban J connectivity index is 1.26. The summed E-state index contributed by atoms with van der Waals surface area (Å²) in [4.78, 5) is 16.2. The minimum Gasteiger partial charge on any atom is -0.376 e. The summed E-state index contributed by atoms with van der Waals surface area (Å²) >= 11 is 0. The Morgan fingerprint density at radius 2 is 2.00 bits per heavy atom. The van der Waals surface area contributed by atoms with Gasteiger partial charge in [0.2, 0.25) is 5.91 Å². The Morgan fingerprint density at radius 1 is 1.18 bits per heavy atom. The minimum atomic E-state index is -0.248. The highest BCUT2D eigenvalue weighted by molar-refractivity contribution is 5.82. The molecule has 1 unspecified atom stereocenters. The number of carbonyl (C=O) groups excluding carboxylic acids is 1. The third-order valence-electron chi connectivity index (χ3n) is 8.79. The van der Waals surface area contributed by atoms with Crippen molar-refractivity contribution in [2.75, 3.05) is 19.7 Å². The van der Waals surface area contributed by atoms with Gasteiger partial charge in [0.1, 0.15) is 5.82 Å². The SMILES string of the molecule is C[C@]12Cc3cnn(-c4ccc(F)cc4)c3C=C1CC[C@@H]2C(=O)N(CC1CCC1)CC1CCCO1. The van der Waals surface area contributed by atoms with Crippen LogP contribution in [-0.4, -0.2) is 46.4 Å². The molecule has 1 aromatic carbocycles. The molecule has 6 heteroatoms. The van der Waals surface area contributed by atoms with Crippen molar-refractivity contribution in [3.63, 3.8) is 0 Å². The average Bonchev–Trinajstić information content (AvgIpc) is 3.52. The number of allylic oxidation sites excluding steroid dienone is 1. The van der Waals surface area contributed by atoms with Crippen LogP contribution < -0.4 is 0 Å². The van der Waals surface area contributed by atoms with Gasteiger partial charge in [0.15, 0.2) is 0 Å². The van der Waals surface area contributed by atoms with E-state index in [1.807, 2.05) is 10.9 Å². The Kier molecular flexibility index (Phi) is 5.59. The van der Waals surface area contributed by atoms with E-state index >= 15 is 0 Å². The number of rotatable bonds is 6. The van der Waals surface area contributed by atoms with Gasteiger partial charge in [0.05, 0.1) is 23.7 Å². The molecule has 0 spiro atoms. The van der Waals surface area contributed by atoms with Gasteiger partial charge < -0.3 is 9.64 Å². The van der Waals surface area contributed by atoms with E-state index in [1.165, 1.54) is 42.5 Å². The van der Waals surface area contributed by atoms with E-state index in [9.17, 15) is 9.18 Å². The van der Waals surface area contributed by atoms with Crippen LogP contribution in [0, 0.1) is 23.1 Å². The minimum absolute atomic E-state index is 0.00236. The zero-order valence-electron chi connectivity index (χ0n) is 20.0. The molecule has 2 heterocycles. The van der Waals surface area contributed by atoms with Crippen LogP contribution in [0.1, 0.15) is 63.1 Å². The highest BCUT2D eigenvalue weighted by Crippen LogP contribution is 2.53. The number of aromatic nitrogens is 2. The third-order valence-corrected chi connectivity index (χ3v) is 8.79. The summed E-state index contributed by atoms with van der Waals surface area (Å²) in [5.41, 5.74) is 4.27. The maximum absolute atomic E-state index is 14.0. The molecule has 1 amide bonds. The molecule has 0 bridgehead atoms. The van der Waals surface area contributed by atoms with Crippen LogP contribution in [0.4, 0.5) is 4.39 Å². The van der Waals surface area contributed by atoms with Crippen LogP contribution in [0.15, 0.2) is 36.0 Å². The molecule has 2 aromatic rings. The van der Waals surface area contributed by atoms with Gasteiger partial charge in [-0.05, 0) is 86.8 Å². The summed E-state index contributed by atoms with van der Waals surface area (Å²) in [6, 6.07) is 6.47. The van der Waals surface area contributed by atoms with Crippen molar-refractivity contribution in [3.05, 3.63) is 53.1 Å². The molecule has 4 aliphatic rings. The second-order valence-electron chi connectivity index (χ2n) is 11.0. The molecule has 2 saturated carbocycles. The summed E-state index contributed by atoms with van der Waals surface area (Å²) in [6.07, 6.45) is 13.0. The van der Waals surface area contributed by atoms with Gasteiger partial charge in [0.25, 0.3) is 0 Å². The largest absolute Gasteiger partial charge is 0.376 e. The number of fused-ring (bicyclic) bond motifs is 2. The number of halogens is 1. The first kappa shape index (κ1) is 22.0. The summed E-state index contributed by atoms with van der Waals surface area (Å²) in [6.45, 7) is 4.73. The maximum atomic E-state index is 14.0. The fraction of sp³-hybridized carbons (Fsp3) is 0.571. The van der Waals surface area contributed by atoms with Crippen molar-refractivity contribution >= 4 is 12.0 Å². The van der Waals surface area contributed by atoms with Crippen LogP contribution in [0.2, 0.25) is 0 Å². The van der Waals surface area contributed by atoms with Gasteiger partial charge in [0, 0.05) is 31.0 Å². The van der Waals surface area contributed by atoms with Crippen molar-refractivity contribution in [3.8, 4) is 5.69 Å². The molecule has 1 saturated heterocycles. The predicted octanol–water partition coefficient (Wildman–Crippen LogP) is 5.17. The zero-order chi connectivity index (χ0) is 23.3. The smallest absolute Gasteiger partial charge is 0.226 e. The fourth-order valence-electron chi connectivity index (χ4n) is 6.52. The van der Waals surface area contributed by atoms with Crippen LogP contribution in [0.3, 0.4) is 0 Å². The van der Waals surface area contributed by atoms with Crippen LogP contribution in [-0.2, 0) is 16.0 Å². The van der Waals surface area contributed by atoms with E-state index < -0.39 is 0 Å². The van der Waals surface area contributed by atoms with E-state index in [-0.39, 0.29) is 23.3 Å². The quantitative estimate of drug-likeness (QED) is 0.593. The van der Waals surface area contributed by atoms with Crippen molar-refractivity contribution in [2.24, 2.45) is 17.3 Å². The van der Waals surface area contributed by atoms with Gasteiger partial charge >= 0.3 is 0 Å². The average molecular weight is 464 g/mol. The number of hydrogen-bond acceptors (Lipinski definition) is 3. The fourth-order valence-corrected chi connectivity index (χ4v) is 6.52. The van der Waals surface area contributed by atoms with Gasteiger partial charge in [-0.1, -0.05) is 18.9 Å². The van der Waals surface area contributed by atoms with Gasteiger partial charge in [-0.2, -0.15) is 5.10 Å². The van der Waals surface area contributed by atoms with Crippen molar-refractivity contribution < 1.29 is 13.9 Å². The predicted molar refractivity (Wildman–Crippen MR) is 129 cm³/mol. The van der Waals surface area contributed by atoms with Crippen molar-refractivity contribution in [1.29, 1.82) is 0 Å². The molecule has 3 aliphatic carbocycles. The number of carbonyl (C=O) groups is 1. The Hall–Kier alpha value is -2.47. The van der Waals surface area contributed by atoms with Gasteiger partial charge in [-0.3, -0.25) is 4.79 Å². The summed E-state index contributed by atoms with van der Waals surface area (Å²) in [7, 11) is 0. The van der Waals surface area contributed by atoms with Crippen LogP contribution >= 0.6 is 0 Å². The third kappa shape index (κ3) is 3.80. The maximum Gasteiger partial charge on any atom is 0.226 e. The van der Waals surface area contributed by atoms with E-state index in [0.717, 1.165) is 63.2 Å². The van der Waals surface area contributed by atoms with E-state index in [0.29, 0.717) is 11.8 Å². The zero-order valence-corrected chi connectivity index (χ0v) is 20.0. The standard InChI is InChI=1S/C28H34FN3O2/c1-28-15-20-16-30-32(23-10-8-22(29)9-11-23)26(20)14-21(28)7-12-25(28)27(33)31(17-19-4-2-5-19)18-24-6-3-13-34-24/h8-11,14,16,19,24-25H,2-7,12-13,15,17-18H2,1H3/t24?,25-,28+/m1/s1. The second-order valence-corrected chi connectivity index (χ2v) is 11.0. The molecule has 3 fully saturated rings. The lowest BCUT2D eigenvalue weighted by Crippen LogP contribution is -2.47. The molecule has 34 heavy (non-hydrogen) atoms. The molecule has 0 radical (unpaired) electrons. The van der Waals surface area contributed by atoms with E-state index in [1.54, 1.807) is 12.1 Å². The van der Waals surface area contributed by atoms with Crippen molar-refractivity contribution in [1.82, 2.24) is 14.7 Å². The number of nitrogens with zero attached hydrogens (tertiary/aromatic N) is 3. The first-order valence-electron chi connectivity index (χ1n) is 13.0.